The van der Waals surface area contributed by atoms with Gasteiger partial charge in [0.15, 0.2) is 11.5 Å². The maximum Gasteiger partial charge on any atom is 0.325 e. The first-order chi connectivity index (χ1) is 11.4. The molecule has 1 saturated heterocycles. The van der Waals surface area contributed by atoms with Crippen molar-refractivity contribution in [1.82, 2.24) is 14.6 Å². The van der Waals surface area contributed by atoms with E-state index in [0.717, 1.165) is 24.6 Å². The topological polar surface area (TPSA) is 81.0 Å². The van der Waals surface area contributed by atoms with Gasteiger partial charge in [0, 0.05) is 31.5 Å². The van der Waals surface area contributed by atoms with Gasteiger partial charge in [0.05, 0.1) is 18.9 Å². The minimum Gasteiger partial charge on any atom is -0.459 e. The van der Waals surface area contributed by atoms with E-state index in [2.05, 4.69) is 20.3 Å². The van der Waals surface area contributed by atoms with Gasteiger partial charge in [0.1, 0.15) is 12.1 Å². The molecule has 2 aromatic heterocycles. The van der Waals surface area contributed by atoms with Gasteiger partial charge >= 0.3 is 5.97 Å². The molecule has 1 aliphatic rings. The standard InChI is InChI=1S/C16H23N5O3/c1-16(2,3)24-14(22)11-18-12-10-13(20-6-8-23-9-7-20)19-21-5-4-17-15(12)21/h4-5,10,18H,6-9,11H2,1-3H3. The Morgan fingerprint density at radius 1 is 1.38 bits per heavy atom. The molecule has 8 nitrogen and oxygen atoms in total. The zero-order valence-corrected chi connectivity index (χ0v) is 14.3. The summed E-state index contributed by atoms with van der Waals surface area (Å²) in [5.74, 6) is 0.521. The number of anilines is 2. The van der Waals surface area contributed by atoms with Crippen LogP contribution in [0.3, 0.4) is 0 Å². The fraction of sp³-hybridized carbons (Fsp3) is 0.562. The number of fused-ring (bicyclic) bond motifs is 1. The van der Waals surface area contributed by atoms with Crippen molar-refractivity contribution in [2.75, 3.05) is 43.1 Å². The van der Waals surface area contributed by atoms with Gasteiger partial charge in [0.2, 0.25) is 0 Å². The molecule has 0 aromatic carbocycles. The van der Waals surface area contributed by atoms with Gasteiger partial charge < -0.3 is 19.7 Å². The third-order valence-electron chi connectivity index (χ3n) is 3.52. The molecule has 0 amide bonds. The Morgan fingerprint density at radius 2 is 2.12 bits per heavy atom. The lowest BCUT2D eigenvalue weighted by atomic mass is 10.2. The Bertz CT molecular complexity index is 716. The summed E-state index contributed by atoms with van der Waals surface area (Å²) in [7, 11) is 0. The highest BCUT2D eigenvalue weighted by Crippen LogP contribution is 2.22. The van der Waals surface area contributed by atoms with E-state index in [0.29, 0.717) is 18.9 Å². The second-order valence-electron chi connectivity index (χ2n) is 6.65. The lowest BCUT2D eigenvalue weighted by Crippen LogP contribution is -2.37. The summed E-state index contributed by atoms with van der Waals surface area (Å²) in [6, 6.07) is 1.91. The molecule has 2 aromatic rings. The van der Waals surface area contributed by atoms with Gasteiger partial charge in [-0.3, -0.25) is 4.79 Å². The van der Waals surface area contributed by atoms with Crippen molar-refractivity contribution in [3.05, 3.63) is 18.5 Å². The van der Waals surface area contributed by atoms with E-state index in [1.165, 1.54) is 0 Å². The molecule has 1 N–H and O–H groups in total. The molecule has 3 heterocycles. The summed E-state index contributed by atoms with van der Waals surface area (Å²) in [5, 5.41) is 7.69. The summed E-state index contributed by atoms with van der Waals surface area (Å²) in [6.07, 6.45) is 3.47. The first-order valence-corrected chi connectivity index (χ1v) is 8.05. The number of carbonyl (C=O) groups is 1. The Morgan fingerprint density at radius 3 is 2.83 bits per heavy atom. The second kappa shape index (κ2) is 6.64. The normalized spacial score (nSPS) is 15.5. The Kier molecular flexibility index (Phi) is 4.57. The monoisotopic (exact) mass is 333 g/mol. The molecular formula is C16H23N5O3. The number of nitrogens with one attached hydrogen (secondary N) is 1. The number of esters is 1. The van der Waals surface area contributed by atoms with Crippen molar-refractivity contribution in [3.63, 3.8) is 0 Å². The summed E-state index contributed by atoms with van der Waals surface area (Å²) in [4.78, 5) is 18.4. The number of nitrogens with zero attached hydrogens (tertiary/aromatic N) is 4. The Labute approximate surface area is 140 Å². The van der Waals surface area contributed by atoms with E-state index < -0.39 is 5.60 Å². The minimum atomic E-state index is -0.501. The fourth-order valence-corrected chi connectivity index (χ4v) is 2.53. The van der Waals surface area contributed by atoms with Crippen LogP contribution in [-0.2, 0) is 14.3 Å². The molecule has 0 spiro atoms. The Balaban J connectivity index is 1.78. The van der Waals surface area contributed by atoms with Gasteiger partial charge in [-0.25, -0.2) is 9.50 Å². The number of morpholine rings is 1. The average Bonchev–Trinajstić information content (AvgIpc) is 3.00. The maximum absolute atomic E-state index is 11.9. The average molecular weight is 333 g/mol. The highest BCUT2D eigenvalue weighted by molar-refractivity contribution is 5.79. The van der Waals surface area contributed by atoms with E-state index in [-0.39, 0.29) is 12.5 Å². The largest absolute Gasteiger partial charge is 0.459 e. The number of rotatable bonds is 4. The fourth-order valence-electron chi connectivity index (χ4n) is 2.53. The minimum absolute atomic E-state index is 0.0757. The lowest BCUT2D eigenvalue weighted by Gasteiger charge is -2.28. The smallest absolute Gasteiger partial charge is 0.325 e. The molecule has 0 unspecified atom stereocenters. The van der Waals surface area contributed by atoms with Crippen LogP contribution in [0.5, 0.6) is 0 Å². The SMILES string of the molecule is CC(C)(C)OC(=O)CNc1cc(N2CCOCC2)nn2ccnc12. The number of hydrogen-bond donors (Lipinski definition) is 1. The first-order valence-electron chi connectivity index (χ1n) is 8.05. The second-order valence-corrected chi connectivity index (χ2v) is 6.65. The summed E-state index contributed by atoms with van der Waals surface area (Å²) < 4.78 is 12.4. The molecule has 1 fully saturated rings. The molecule has 0 aliphatic carbocycles. The third-order valence-corrected chi connectivity index (χ3v) is 3.52. The third kappa shape index (κ3) is 3.94. The predicted molar refractivity (Wildman–Crippen MR) is 90.4 cm³/mol. The van der Waals surface area contributed by atoms with Gasteiger partial charge in [0.25, 0.3) is 0 Å². The lowest BCUT2D eigenvalue weighted by molar-refractivity contribution is -0.152. The number of imidazole rings is 1. The Hall–Kier alpha value is -2.35. The van der Waals surface area contributed by atoms with Gasteiger partial charge in [-0.15, -0.1) is 5.10 Å². The van der Waals surface area contributed by atoms with E-state index in [4.69, 9.17) is 9.47 Å². The quantitative estimate of drug-likeness (QED) is 0.845. The van der Waals surface area contributed by atoms with E-state index in [9.17, 15) is 4.79 Å². The van der Waals surface area contributed by atoms with E-state index in [1.54, 1.807) is 16.9 Å². The van der Waals surface area contributed by atoms with Crippen LogP contribution in [0.4, 0.5) is 11.5 Å². The van der Waals surface area contributed by atoms with Crippen LogP contribution in [0.2, 0.25) is 0 Å². The van der Waals surface area contributed by atoms with Crippen LogP contribution in [-0.4, -0.2) is 59.0 Å². The van der Waals surface area contributed by atoms with Crippen LogP contribution in [0.25, 0.3) is 5.65 Å². The highest BCUT2D eigenvalue weighted by atomic mass is 16.6. The van der Waals surface area contributed by atoms with Crippen LogP contribution in [0, 0.1) is 0 Å². The molecule has 24 heavy (non-hydrogen) atoms. The van der Waals surface area contributed by atoms with E-state index in [1.807, 2.05) is 26.8 Å². The van der Waals surface area contributed by atoms with Crippen molar-refractivity contribution in [2.24, 2.45) is 0 Å². The molecule has 0 bridgehead atoms. The van der Waals surface area contributed by atoms with Crippen molar-refractivity contribution in [3.8, 4) is 0 Å². The summed E-state index contributed by atoms with van der Waals surface area (Å²) in [5.41, 5.74) is 0.927. The van der Waals surface area contributed by atoms with Crippen LogP contribution >= 0.6 is 0 Å². The number of carbonyl (C=O) groups excluding carboxylic acids is 1. The maximum atomic E-state index is 11.9. The molecule has 130 valence electrons. The molecule has 0 radical (unpaired) electrons. The van der Waals surface area contributed by atoms with Crippen LogP contribution in [0.1, 0.15) is 20.8 Å². The van der Waals surface area contributed by atoms with E-state index >= 15 is 0 Å². The van der Waals surface area contributed by atoms with Crippen LogP contribution in [0.15, 0.2) is 18.5 Å². The molecule has 3 rings (SSSR count). The number of hydrogen-bond acceptors (Lipinski definition) is 7. The van der Waals surface area contributed by atoms with Crippen molar-refractivity contribution in [2.45, 2.75) is 26.4 Å². The number of ether oxygens (including phenoxy) is 2. The highest BCUT2D eigenvalue weighted by Gasteiger charge is 2.18. The first kappa shape index (κ1) is 16.5. The zero-order chi connectivity index (χ0) is 17.2. The van der Waals surface area contributed by atoms with Crippen molar-refractivity contribution in [1.29, 1.82) is 0 Å². The summed E-state index contributed by atoms with van der Waals surface area (Å²) >= 11 is 0. The van der Waals surface area contributed by atoms with Gasteiger partial charge in [-0.05, 0) is 20.8 Å². The molecular weight excluding hydrogens is 310 g/mol. The van der Waals surface area contributed by atoms with Gasteiger partial charge in [-0.1, -0.05) is 0 Å². The van der Waals surface area contributed by atoms with Crippen molar-refractivity contribution < 1.29 is 14.3 Å². The molecule has 0 saturated carbocycles. The molecule has 8 heteroatoms. The zero-order valence-electron chi connectivity index (χ0n) is 14.3. The predicted octanol–water partition coefficient (Wildman–Crippen LogP) is 1.32. The summed E-state index contributed by atoms with van der Waals surface area (Å²) in [6.45, 7) is 8.57. The number of aromatic nitrogens is 3. The van der Waals surface area contributed by atoms with Crippen LogP contribution < -0.4 is 10.2 Å². The van der Waals surface area contributed by atoms with Crippen molar-refractivity contribution >= 4 is 23.1 Å². The van der Waals surface area contributed by atoms with Gasteiger partial charge in [-0.2, -0.15) is 0 Å². The molecule has 1 aliphatic heterocycles. The molecule has 0 atom stereocenters.